The molecule has 0 unspecified atom stereocenters. The van der Waals surface area contributed by atoms with Crippen LogP contribution in [0.4, 0.5) is 4.79 Å². The Labute approximate surface area is 142 Å². The van der Waals surface area contributed by atoms with E-state index in [2.05, 4.69) is 5.32 Å². The van der Waals surface area contributed by atoms with Crippen LogP contribution in [0.15, 0.2) is 12.1 Å². The molecule has 3 amide bonds. The first kappa shape index (κ1) is 17.8. The Kier molecular flexibility index (Phi) is 6.21. The van der Waals surface area contributed by atoms with Crippen molar-refractivity contribution < 1.29 is 33.3 Å². The maximum absolute atomic E-state index is 11.9. The molecular weight excluding hydrogens is 344 g/mol. The molecule has 130 valence electrons. The summed E-state index contributed by atoms with van der Waals surface area (Å²) in [6.07, 6.45) is 0. The van der Waals surface area contributed by atoms with Gasteiger partial charge >= 0.3 is 12.0 Å². The van der Waals surface area contributed by atoms with E-state index in [0.29, 0.717) is 18.1 Å². The number of amides is 3. The lowest BCUT2D eigenvalue weighted by Gasteiger charge is -2.08. The van der Waals surface area contributed by atoms with Crippen LogP contribution in [0.5, 0.6) is 11.5 Å². The quantitative estimate of drug-likeness (QED) is 0.568. The minimum Gasteiger partial charge on any atom is -0.454 e. The number of benzene rings is 1. The number of urea groups is 1. The first-order valence-electron chi connectivity index (χ1n) is 6.84. The van der Waals surface area contributed by atoms with E-state index in [1.165, 1.54) is 19.2 Å². The average molecular weight is 359 g/mol. The molecule has 0 radical (unpaired) electrons. The molecule has 24 heavy (non-hydrogen) atoms. The molecule has 1 aromatic rings. The number of hydrogen-bond acceptors (Lipinski definition) is 7. The highest BCUT2D eigenvalue weighted by atomic mass is 35.5. The maximum Gasteiger partial charge on any atom is 0.338 e. The van der Waals surface area contributed by atoms with Gasteiger partial charge in [-0.05, 0) is 12.1 Å². The number of fused-ring (bicyclic) bond motifs is 1. The number of imide groups is 1. The van der Waals surface area contributed by atoms with Crippen molar-refractivity contribution in [3.05, 3.63) is 22.7 Å². The minimum atomic E-state index is -0.787. The zero-order valence-electron chi connectivity index (χ0n) is 12.7. The highest BCUT2D eigenvalue weighted by Crippen LogP contribution is 2.39. The van der Waals surface area contributed by atoms with Crippen molar-refractivity contribution in [2.45, 2.75) is 0 Å². The predicted octanol–water partition coefficient (Wildman–Crippen LogP) is 0.698. The summed E-state index contributed by atoms with van der Waals surface area (Å²) in [5, 5.41) is 4.58. The van der Waals surface area contributed by atoms with Gasteiger partial charge < -0.3 is 24.3 Å². The van der Waals surface area contributed by atoms with E-state index in [9.17, 15) is 14.4 Å². The number of nitrogens with one attached hydrogen (secondary N) is 2. The van der Waals surface area contributed by atoms with Crippen LogP contribution in [0.25, 0.3) is 0 Å². The average Bonchev–Trinajstić information content (AvgIpc) is 3.02. The van der Waals surface area contributed by atoms with Gasteiger partial charge in [-0.1, -0.05) is 11.6 Å². The Bertz CT molecular complexity index is 650. The van der Waals surface area contributed by atoms with Gasteiger partial charge in [0, 0.05) is 13.7 Å². The minimum absolute atomic E-state index is 0.00808. The Morgan fingerprint density at radius 2 is 2.08 bits per heavy atom. The molecule has 0 saturated heterocycles. The van der Waals surface area contributed by atoms with Crippen molar-refractivity contribution >= 4 is 29.5 Å². The van der Waals surface area contributed by atoms with E-state index in [1.54, 1.807) is 0 Å². The molecule has 1 aliphatic rings. The summed E-state index contributed by atoms with van der Waals surface area (Å²) in [6.45, 7) is -0.0662. The molecule has 0 aliphatic carbocycles. The van der Waals surface area contributed by atoms with Crippen molar-refractivity contribution in [3.8, 4) is 11.5 Å². The van der Waals surface area contributed by atoms with Crippen molar-refractivity contribution in [3.63, 3.8) is 0 Å². The SMILES string of the molecule is COCCNC(=O)NC(=O)COC(=O)c1cc(Cl)c2c(c1)OCO2. The highest BCUT2D eigenvalue weighted by molar-refractivity contribution is 6.32. The summed E-state index contributed by atoms with van der Waals surface area (Å²) in [6, 6.07) is 2.03. The Morgan fingerprint density at radius 1 is 1.29 bits per heavy atom. The molecule has 0 saturated carbocycles. The number of rotatable bonds is 6. The molecule has 0 bridgehead atoms. The second kappa shape index (κ2) is 8.37. The van der Waals surface area contributed by atoms with Gasteiger partial charge in [0.1, 0.15) is 0 Å². The number of carbonyl (C=O) groups is 3. The molecule has 10 heteroatoms. The number of ether oxygens (including phenoxy) is 4. The monoisotopic (exact) mass is 358 g/mol. The van der Waals surface area contributed by atoms with Crippen molar-refractivity contribution in [1.29, 1.82) is 0 Å². The summed E-state index contributed by atoms with van der Waals surface area (Å²) in [5.41, 5.74) is 0.0987. The van der Waals surface area contributed by atoms with Crippen LogP contribution < -0.4 is 20.1 Å². The highest BCUT2D eigenvalue weighted by Gasteiger charge is 2.21. The molecule has 1 aliphatic heterocycles. The van der Waals surface area contributed by atoms with Crippen LogP contribution >= 0.6 is 11.6 Å². The van der Waals surface area contributed by atoms with E-state index in [-0.39, 0.29) is 23.9 Å². The van der Waals surface area contributed by atoms with Crippen molar-refractivity contribution in [1.82, 2.24) is 10.6 Å². The van der Waals surface area contributed by atoms with Crippen LogP contribution in [0, 0.1) is 0 Å². The van der Waals surface area contributed by atoms with E-state index < -0.39 is 24.5 Å². The van der Waals surface area contributed by atoms with Crippen LogP contribution in [0.1, 0.15) is 10.4 Å². The fourth-order valence-electron chi connectivity index (χ4n) is 1.77. The van der Waals surface area contributed by atoms with E-state index in [0.717, 1.165) is 0 Å². The molecule has 0 aromatic heterocycles. The molecule has 2 rings (SSSR count). The van der Waals surface area contributed by atoms with Crippen LogP contribution in [0.2, 0.25) is 5.02 Å². The topological polar surface area (TPSA) is 112 Å². The fourth-order valence-corrected chi connectivity index (χ4v) is 2.04. The van der Waals surface area contributed by atoms with Gasteiger partial charge in [0.05, 0.1) is 17.2 Å². The summed E-state index contributed by atoms with van der Waals surface area (Å²) in [7, 11) is 1.48. The normalized spacial score (nSPS) is 11.8. The summed E-state index contributed by atoms with van der Waals surface area (Å²) < 4.78 is 19.8. The van der Waals surface area contributed by atoms with Gasteiger partial charge in [-0.3, -0.25) is 10.1 Å². The Balaban J connectivity index is 1.82. The second-order valence-corrected chi connectivity index (χ2v) is 4.97. The van der Waals surface area contributed by atoms with Gasteiger partial charge in [-0.2, -0.15) is 0 Å². The third-order valence-corrected chi connectivity index (χ3v) is 3.12. The zero-order chi connectivity index (χ0) is 17.5. The van der Waals surface area contributed by atoms with Crippen molar-refractivity contribution in [2.75, 3.05) is 33.7 Å². The molecule has 1 aromatic carbocycles. The van der Waals surface area contributed by atoms with Crippen LogP contribution in [-0.4, -0.2) is 51.6 Å². The number of esters is 1. The number of methoxy groups -OCH3 is 1. The summed E-state index contributed by atoms with van der Waals surface area (Å²) in [4.78, 5) is 34.8. The number of halogens is 1. The zero-order valence-corrected chi connectivity index (χ0v) is 13.5. The fraction of sp³-hybridized carbons (Fsp3) is 0.357. The number of hydrogen-bond donors (Lipinski definition) is 2. The summed E-state index contributed by atoms with van der Waals surface area (Å²) >= 11 is 5.96. The van der Waals surface area contributed by atoms with Gasteiger partial charge in [0.15, 0.2) is 18.1 Å². The molecule has 0 atom stereocenters. The molecule has 2 N–H and O–H groups in total. The van der Waals surface area contributed by atoms with Crippen LogP contribution in [0.3, 0.4) is 0 Å². The van der Waals surface area contributed by atoms with Gasteiger partial charge in [-0.15, -0.1) is 0 Å². The number of carbonyl (C=O) groups excluding carboxylic acids is 3. The molecule has 0 fully saturated rings. The predicted molar refractivity (Wildman–Crippen MR) is 81.3 cm³/mol. The third kappa shape index (κ3) is 4.74. The molecule has 1 heterocycles. The summed E-state index contributed by atoms with van der Waals surface area (Å²) in [5.74, 6) is -0.898. The lowest BCUT2D eigenvalue weighted by atomic mass is 10.2. The lowest BCUT2D eigenvalue weighted by Crippen LogP contribution is -2.42. The first-order valence-corrected chi connectivity index (χ1v) is 7.22. The van der Waals surface area contributed by atoms with Gasteiger partial charge in [-0.25, -0.2) is 9.59 Å². The van der Waals surface area contributed by atoms with Crippen molar-refractivity contribution in [2.24, 2.45) is 0 Å². The maximum atomic E-state index is 11.9. The lowest BCUT2D eigenvalue weighted by molar-refractivity contribution is -0.123. The van der Waals surface area contributed by atoms with Gasteiger partial charge in [0.25, 0.3) is 5.91 Å². The second-order valence-electron chi connectivity index (χ2n) is 4.56. The van der Waals surface area contributed by atoms with E-state index in [1.807, 2.05) is 5.32 Å². The first-order chi connectivity index (χ1) is 11.5. The van der Waals surface area contributed by atoms with Gasteiger partial charge in [0.2, 0.25) is 6.79 Å². The largest absolute Gasteiger partial charge is 0.454 e. The van der Waals surface area contributed by atoms with E-state index >= 15 is 0 Å². The van der Waals surface area contributed by atoms with Crippen LogP contribution in [-0.2, 0) is 14.3 Å². The molecular formula is C14H15ClN2O7. The Hall–Kier alpha value is -2.52. The standard InChI is InChI=1S/C14H15ClN2O7/c1-21-3-2-16-14(20)17-11(18)6-22-13(19)8-4-9(15)12-10(5-8)23-7-24-12/h4-5H,2-3,6-7H2,1H3,(H2,16,17,18,20). The molecule has 9 nitrogen and oxygen atoms in total. The molecule has 0 spiro atoms. The third-order valence-electron chi connectivity index (χ3n) is 2.84. The van der Waals surface area contributed by atoms with E-state index in [4.69, 9.17) is 30.5 Å². The smallest absolute Gasteiger partial charge is 0.338 e. The Morgan fingerprint density at radius 3 is 2.83 bits per heavy atom.